The Bertz CT molecular complexity index is 522. The van der Waals surface area contributed by atoms with E-state index in [4.69, 9.17) is 0 Å². The highest BCUT2D eigenvalue weighted by Gasteiger charge is 2.51. The lowest BCUT2D eigenvalue weighted by atomic mass is 9.63. The molecule has 174 valence electrons. The molecule has 0 nitrogen and oxygen atoms in total. The van der Waals surface area contributed by atoms with Crippen molar-refractivity contribution in [2.75, 3.05) is 0 Å². The van der Waals surface area contributed by atoms with Crippen molar-refractivity contribution in [2.24, 2.45) is 65.1 Å². The summed E-state index contributed by atoms with van der Waals surface area (Å²) in [6, 6.07) is 0. The van der Waals surface area contributed by atoms with E-state index in [1.165, 1.54) is 25.7 Å². The molecule has 0 heterocycles. The summed E-state index contributed by atoms with van der Waals surface area (Å²) in [5.41, 5.74) is 0. The number of hydrogen-bond acceptors (Lipinski definition) is 0. The molecule has 4 fully saturated rings. The minimum atomic E-state index is 0.932. The molecule has 11 atom stereocenters. The largest absolute Gasteiger partial charge is 0.0654 e. The summed E-state index contributed by atoms with van der Waals surface area (Å²) >= 11 is 0. The second kappa shape index (κ2) is 10.3. The summed E-state index contributed by atoms with van der Waals surface area (Å²) in [6.07, 6.45) is 21.4. The third-order valence-electron chi connectivity index (χ3n) is 11.2. The van der Waals surface area contributed by atoms with Gasteiger partial charge in [-0.05, 0) is 110 Å². The van der Waals surface area contributed by atoms with Gasteiger partial charge in [-0.15, -0.1) is 0 Å². The average molecular weight is 415 g/mol. The topological polar surface area (TPSA) is 0 Å². The van der Waals surface area contributed by atoms with Crippen molar-refractivity contribution < 1.29 is 0 Å². The van der Waals surface area contributed by atoms with Gasteiger partial charge in [0, 0.05) is 0 Å². The molecule has 0 bridgehead atoms. The minimum Gasteiger partial charge on any atom is -0.0654 e. The van der Waals surface area contributed by atoms with Crippen LogP contribution in [0, 0.1) is 65.1 Å². The molecule has 4 aliphatic carbocycles. The summed E-state index contributed by atoms with van der Waals surface area (Å²) in [5.74, 6) is 11.7. The fourth-order valence-corrected chi connectivity index (χ4v) is 9.91. The van der Waals surface area contributed by atoms with Crippen molar-refractivity contribution in [3.05, 3.63) is 0 Å². The van der Waals surface area contributed by atoms with Crippen molar-refractivity contribution >= 4 is 0 Å². The molecule has 0 amide bonds. The van der Waals surface area contributed by atoms with Gasteiger partial charge in [0.1, 0.15) is 0 Å². The van der Waals surface area contributed by atoms with E-state index in [1.807, 2.05) is 0 Å². The fraction of sp³-hybridized carbons (Fsp3) is 1.00. The van der Waals surface area contributed by atoms with Crippen LogP contribution < -0.4 is 0 Å². The molecule has 0 N–H and O–H groups in total. The van der Waals surface area contributed by atoms with Crippen LogP contribution in [0.1, 0.15) is 125 Å². The van der Waals surface area contributed by atoms with Gasteiger partial charge in [0.2, 0.25) is 0 Å². The maximum atomic E-state index is 2.59. The van der Waals surface area contributed by atoms with E-state index < -0.39 is 0 Å². The van der Waals surface area contributed by atoms with Gasteiger partial charge in [-0.25, -0.2) is 0 Å². The zero-order chi connectivity index (χ0) is 21.3. The van der Waals surface area contributed by atoms with E-state index in [1.54, 1.807) is 64.2 Å². The maximum Gasteiger partial charge on any atom is -0.0352 e. The molecular formula is C30H54. The van der Waals surface area contributed by atoms with E-state index in [9.17, 15) is 0 Å². The van der Waals surface area contributed by atoms with Gasteiger partial charge >= 0.3 is 0 Å². The van der Waals surface area contributed by atoms with Crippen molar-refractivity contribution in [2.45, 2.75) is 125 Å². The quantitative estimate of drug-likeness (QED) is 0.334. The van der Waals surface area contributed by atoms with Gasteiger partial charge in [-0.3, -0.25) is 0 Å². The van der Waals surface area contributed by atoms with Gasteiger partial charge < -0.3 is 0 Å². The third kappa shape index (κ3) is 4.55. The van der Waals surface area contributed by atoms with Gasteiger partial charge in [0.05, 0.1) is 0 Å². The monoisotopic (exact) mass is 414 g/mol. The molecule has 11 unspecified atom stereocenters. The molecule has 0 aromatic carbocycles. The molecule has 0 spiro atoms. The van der Waals surface area contributed by atoms with Crippen molar-refractivity contribution in [1.82, 2.24) is 0 Å². The van der Waals surface area contributed by atoms with Crippen molar-refractivity contribution in [3.63, 3.8) is 0 Å². The second-order valence-corrected chi connectivity index (χ2v) is 12.6. The summed E-state index contributed by atoms with van der Waals surface area (Å²) in [6.45, 7) is 12.6. The van der Waals surface area contributed by atoms with Crippen LogP contribution in [0.5, 0.6) is 0 Å². The van der Waals surface area contributed by atoms with Crippen molar-refractivity contribution in [3.8, 4) is 0 Å². The third-order valence-corrected chi connectivity index (χ3v) is 11.2. The zero-order valence-electron chi connectivity index (χ0n) is 21.3. The standard InChI is InChI=1S/C30H54/c1-6-12-20(4)22(7-2)23(8-3)24-13-9-14-25(24)26-15-10-16-27(26)28-17-11-18-29(28)30-19-21(30)5/h20-30H,6-19H2,1-5H3. The van der Waals surface area contributed by atoms with E-state index in [2.05, 4.69) is 34.6 Å². The summed E-state index contributed by atoms with van der Waals surface area (Å²) in [7, 11) is 0. The average Bonchev–Trinajstić information content (AvgIpc) is 3.20. The molecule has 30 heavy (non-hydrogen) atoms. The highest BCUT2D eigenvalue weighted by atomic mass is 14.6. The molecule has 4 rings (SSSR count). The van der Waals surface area contributed by atoms with E-state index in [-0.39, 0.29) is 0 Å². The highest BCUT2D eigenvalue weighted by molar-refractivity contribution is 5.01. The van der Waals surface area contributed by atoms with Crippen LogP contribution in [0.3, 0.4) is 0 Å². The Hall–Kier alpha value is 0. The minimum absolute atomic E-state index is 0.932. The first-order chi connectivity index (χ1) is 14.6. The number of rotatable bonds is 10. The van der Waals surface area contributed by atoms with Gasteiger partial charge in [-0.1, -0.05) is 79.6 Å². The molecule has 0 radical (unpaired) electrons. The summed E-state index contributed by atoms with van der Waals surface area (Å²) in [5, 5.41) is 0. The zero-order valence-corrected chi connectivity index (χ0v) is 21.3. The van der Waals surface area contributed by atoms with E-state index in [0.29, 0.717) is 0 Å². The summed E-state index contributed by atoms with van der Waals surface area (Å²) < 4.78 is 0. The molecule has 0 heteroatoms. The summed E-state index contributed by atoms with van der Waals surface area (Å²) in [4.78, 5) is 0. The van der Waals surface area contributed by atoms with Crippen molar-refractivity contribution in [1.29, 1.82) is 0 Å². The van der Waals surface area contributed by atoms with Crippen LogP contribution in [0.15, 0.2) is 0 Å². The van der Waals surface area contributed by atoms with Crippen LogP contribution in [0.4, 0.5) is 0 Å². The lowest BCUT2D eigenvalue weighted by Gasteiger charge is -2.42. The lowest BCUT2D eigenvalue weighted by Crippen LogP contribution is -2.35. The molecule has 0 aromatic rings. The van der Waals surface area contributed by atoms with Crippen LogP contribution in [-0.2, 0) is 0 Å². The Labute approximate surface area is 189 Å². The maximum absolute atomic E-state index is 2.59. The molecule has 0 aromatic heterocycles. The predicted molar refractivity (Wildman–Crippen MR) is 131 cm³/mol. The van der Waals surface area contributed by atoms with Crippen LogP contribution >= 0.6 is 0 Å². The smallest absolute Gasteiger partial charge is 0.0352 e. The fourth-order valence-electron chi connectivity index (χ4n) is 9.91. The van der Waals surface area contributed by atoms with E-state index >= 15 is 0 Å². The molecule has 4 saturated carbocycles. The Balaban J connectivity index is 1.48. The Kier molecular flexibility index (Phi) is 7.95. The Morgan fingerprint density at radius 1 is 0.667 bits per heavy atom. The Morgan fingerprint density at radius 2 is 1.17 bits per heavy atom. The first-order valence-corrected chi connectivity index (χ1v) is 14.6. The van der Waals surface area contributed by atoms with E-state index in [0.717, 1.165) is 65.1 Å². The van der Waals surface area contributed by atoms with Gasteiger partial charge in [0.15, 0.2) is 0 Å². The molecule has 4 aliphatic rings. The predicted octanol–water partition coefficient (Wildman–Crippen LogP) is 9.38. The highest BCUT2D eigenvalue weighted by Crippen LogP contribution is 2.60. The molecular weight excluding hydrogens is 360 g/mol. The molecule has 0 aliphatic heterocycles. The van der Waals surface area contributed by atoms with Crippen LogP contribution in [0.25, 0.3) is 0 Å². The molecule has 0 saturated heterocycles. The number of hydrogen-bond donors (Lipinski definition) is 0. The second-order valence-electron chi connectivity index (χ2n) is 12.6. The normalized spacial score (nSPS) is 44.3. The van der Waals surface area contributed by atoms with Gasteiger partial charge in [-0.2, -0.15) is 0 Å². The first-order valence-electron chi connectivity index (χ1n) is 14.6. The Morgan fingerprint density at radius 3 is 1.67 bits per heavy atom. The van der Waals surface area contributed by atoms with Crippen LogP contribution in [0.2, 0.25) is 0 Å². The SMILES string of the molecule is CCCC(C)C(CC)C(CC)C1CCCC1C1CCCC1C1CCCC1C1CC1C. The lowest BCUT2D eigenvalue weighted by molar-refractivity contribution is 0.0687. The van der Waals surface area contributed by atoms with Gasteiger partial charge in [0.25, 0.3) is 0 Å². The first kappa shape index (κ1) is 23.2. The van der Waals surface area contributed by atoms with Crippen LogP contribution in [-0.4, -0.2) is 0 Å².